The van der Waals surface area contributed by atoms with Gasteiger partial charge in [0.05, 0.1) is 27.5 Å². The Morgan fingerprint density at radius 2 is 1.63 bits per heavy atom. The Hall–Kier alpha value is -2.09. The van der Waals surface area contributed by atoms with Gasteiger partial charge >= 0.3 is 0 Å². The van der Waals surface area contributed by atoms with Crippen molar-refractivity contribution < 1.29 is 19.1 Å². The third-order valence-corrected chi connectivity index (χ3v) is 10.1. The van der Waals surface area contributed by atoms with Crippen molar-refractivity contribution >= 4 is 46.6 Å². The van der Waals surface area contributed by atoms with Crippen LogP contribution in [0.15, 0.2) is 30.4 Å². The van der Waals surface area contributed by atoms with E-state index in [2.05, 4.69) is 10.6 Å². The molecule has 38 heavy (non-hydrogen) atoms. The van der Waals surface area contributed by atoms with Crippen LogP contribution in [-0.4, -0.2) is 51.9 Å². The second-order valence-corrected chi connectivity index (χ2v) is 12.6. The predicted molar refractivity (Wildman–Crippen MR) is 146 cm³/mol. The summed E-state index contributed by atoms with van der Waals surface area (Å²) in [4.78, 5) is 43.9. The second kappa shape index (κ2) is 9.83. The molecule has 0 radical (unpaired) electrons. The third-order valence-electron chi connectivity index (χ3n) is 9.37. The highest BCUT2D eigenvalue weighted by atomic mass is 35.5. The number of carbonyl (C=O) groups is 3. The number of carbonyl (C=O) groups excluding carboxylic acids is 3. The van der Waals surface area contributed by atoms with Gasteiger partial charge in [0.15, 0.2) is 0 Å². The third kappa shape index (κ3) is 4.16. The fourth-order valence-corrected chi connectivity index (χ4v) is 7.94. The number of rotatable bonds is 5. The summed E-state index contributed by atoms with van der Waals surface area (Å²) in [6.45, 7) is 1.84. The second-order valence-electron chi connectivity index (χ2n) is 11.8. The molecule has 0 aromatic heterocycles. The molecule has 7 nitrogen and oxygen atoms in total. The molecular formula is C29H35Cl2N3O4. The lowest BCUT2D eigenvalue weighted by atomic mass is 9.70. The lowest BCUT2D eigenvalue weighted by Crippen LogP contribution is -2.58. The van der Waals surface area contributed by atoms with Gasteiger partial charge < -0.3 is 20.3 Å². The summed E-state index contributed by atoms with van der Waals surface area (Å²) in [5.41, 5.74) is -1.67. The molecule has 204 valence electrons. The Bertz CT molecular complexity index is 1180. The number of nitrogens with zero attached hydrogens (tertiary/aromatic N) is 1. The Morgan fingerprint density at radius 1 is 0.947 bits per heavy atom. The van der Waals surface area contributed by atoms with Gasteiger partial charge in [0.1, 0.15) is 11.6 Å². The first-order chi connectivity index (χ1) is 18.2. The van der Waals surface area contributed by atoms with E-state index < -0.39 is 29.1 Å². The molecule has 6 rings (SSSR count). The molecule has 5 unspecified atom stereocenters. The van der Waals surface area contributed by atoms with E-state index in [0.717, 1.165) is 57.8 Å². The van der Waals surface area contributed by atoms with Crippen LogP contribution in [0.2, 0.25) is 10.0 Å². The molecule has 3 heterocycles. The Balaban J connectivity index is 1.34. The fourth-order valence-electron chi connectivity index (χ4n) is 7.64. The van der Waals surface area contributed by atoms with E-state index in [9.17, 15) is 14.4 Å². The summed E-state index contributed by atoms with van der Waals surface area (Å²) in [5.74, 6) is -2.19. The number of hydrogen-bond acceptors (Lipinski definition) is 4. The van der Waals surface area contributed by atoms with E-state index >= 15 is 0 Å². The summed E-state index contributed by atoms with van der Waals surface area (Å²) >= 11 is 12.2. The predicted octanol–water partition coefficient (Wildman–Crippen LogP) is 5.25. The largest absolute Gasteiger partial charge is 0.356 e. The first kappa shape index (κ1) is 26.1. The van der Waals surface area contributed by atoms with E-state index in [4.69, 9.17) is 27.9 Å². The van der Waals surface area contributed by atoms with Gasteiger partial charge in [-0.1, -0.05) is 73.9 Å². The van der Waals surface area contributed by atoms with Gasteiger partial charge in [-0.15, -0.1) is 0 Å². The number of fused-ring (bicyclic) bond motifs is 1. The molecule has 3 amide bonds. The minimum Gasteiger partial charge on any atom is -0.356 e. The van der Waals surface area contributed by atoms with Crippen LogP contribution in [0.25, 0.3) is 0 Å². The lowest BCUT2D eigenvalue weighted by molar-refractivity contribution is -0.147. The normalized spacial score (nSPS) is 35.0. The Morgan fingerprint density at radius 3 is 2.32 bits per heavy atom. The van der Waals surface area contributed by atoms with Crippen molar-refractivity contribution in [1.29, 1.82) is 0 Å². The molecule has 5 atom stereocenters. The molecule has 1 aromatic rings. The van der Waals surface area contributed by atoms with E-state index in [0.29, 0.717) is 15.7 Å². The minimum atomic E-state index is -1.17. The monoisotopic (exact) mass is 559 g/mol. The number of benzene rings is 1. The molecule has 2 aliphatic carbocycles. The Labute approximate surface area is 233 Å². The zero-order valence-corrected chi connectivity index (χ0v) is 23.2. The molecule has 9 heteroatoms. The van der Waals surface area contributed by atoms with Gasteiger partial charge in [-0.3, -0.25) is 14.4 Å². The summed E-state index contributed by atoms with van der Waals surface area (Å²) in [5, 5.41) is 6.92. The molecule has 2 N–H and O–H groups in total. The highest BCUT2D eigenvalue weighted by molar-refractivity contribution is 6.42. The van der Waals surface area contributed by atoms with Crippen molar-refractivity contribution in [3.05, 3.63) is 40.4 Å². The quantitative estimate of drug-likeness (QED) is 0.482. The van der Waals surface area contributed by atoms with Crippen molar-refractivity contribution in [3.8, 4) is 0 Å². The van der Waals surface area contributed by atoms with Crippen LogP contribution < -0.4 is 10.6 Å². The van der Waals surface area contributed by atoms with Crippen LogP contribution in [0.3, 0.4) is 0 Å². The van der Waals surface area contributed by atoms with Crippen molar-refractivity contribution in [2.75, 3.05) is 5.32 Å². The van der Waals surface area contributed by atoms with E-state index in [1.807, 2.05) is 19.1 Å². The number of likely N-dealkylation sites (tertiary alicyclic amines) is 1. The van der Waals surface area contributed by atoms with Crippen LogP contribution >= 0.6 is 23.2 Å². The van der Waals surface area contributed by atoms with E-state index in [-0.39, 0.29) is 29.8 Å². The smallest absolute Gasteiger partial charge is 0.246 e. The SMILES string of the molecule is CC12C=CC3(O1)C(C(=O)N(C1CCCCC1)C3C(=O)NC1CCCCC1)C2C(=O)Nc1ccc(Cl)c(Cl)c1. The molecular weight excluding hydrogens is 525 g/mol. The Kier molecular flexibility index (Phi) is 6.76. The summed E-state index contributed by atoms with van der Waals surface area (Å²) in [7, 11) is 0. The molecule has 2 bridgehead atoms. The first-order valence-electron chi connectivity index (χ1n) is 14.0. The fraction of sp³-hybridized carbons (Fsp3) is 0.621. The number of amides is 3. The van der Waals surface area contributed by atoms with Crippen molar-refractivity contribution in [1.82, 2.24) is 10.2 Å². The molecule has 4 fully saturated rings. The highest BCUT2D eigenvalue weighted by Gasteiger charge is 2.76. The van der Waals surface area contributed by atoms with Gasteiger partial charge in [-0.25, -0.2) is 0 Å². The summed E-state index contributed by atoms with van der Waals surface area (Å²) < 4.78 is 6.66. The highest BCUT2D eigenvalue weighted by Crippen LogP contribution is 2.60. The molecule has 3 aliphatic heterocycles. The molecule has 5 aliphatic rings. The standard InChI is InChI=1S/C29H35Cl2N3O4/c1-28-14-15-29(38-28)23(22(28)25(35)33-18-12-13-20(30)21(31)16-18)27(37)34(19-10-6-3-7-11-19)24(29)26(36)32-17-8-4-2-5-9-17/h12-17,19,22-24H,2-11H2,1H3,(H,32,36)(H,33,35). The lowest BCUT2D eigenvalue weighted by Gasteiger charge is -2.39. The first-order valence-corrected chi connectivity index (χ1v) is 14.8. The summed E-state index contributed by atoms with van der Waals surface area (Å²) in [6.07, 6.45) is 14.0. The van der Waals surface area contributed by atoms with Crippen molar-refractivity contribution in [3.63, 3.8) is 0 Å². The van der Waals surface area contributed by atoms with Gasteiger partial charge in [0.25, 0.3) is 0 Å². The summed E-state index contributed by atoms with van der Waals surface area (Å²) in [6, 6.07) is 4.19. The molecule has 2 saturated heterocycles. The molecule has 1 spiro atoms. The van der Waals surface area contributed by atoms with Gasteiger partial charge in [-0.05, 0) is 50.8 Å². The van der Waals surface area contributed by atoms with E-state index in [1.165, 1.54) is 6.42 Å². The average molecular weight is 561 g/mol. The van der Waals surface area contributed by atoms with Gasteiger partial charge in [-0.2, -0.15) is 0 Å². The number of halogens is 2. The number of ether oxygens (including phenoxy) is 1. The molecule has 1 aromatic carbocycles. The minimum absolute atomic E-state index is 0.0269. The molecule has 2 saturated carbocycles. The van der Waals surface area contributed by atoms with Gasteiger partial charge in [0.2, 0.25) is 17.7 Å². The zero-order chi connectivity index (χ0) is 26.7. The number of hydrogen-bond donors (Lipinski definition) is 2. The van der Waals surface area contributed by atoms with Crippen molar-refractivity contribution in [2.45, 2.75) is 100 Å². The number of nitrogens with one attached hydrogen (secondary N) is 2. The van der Waals surface area contributed by atoms with Crippen LogP contribution in [0, 0.1) is 11.8 Å². The van der Waals surface area contributed by atoms with Gasteiger partial charge in [0, 0.05) is 17.8 Å². The van der Waals surface area contributed by atoms with Crippen LogP contribution in [-0.2, 0) is 19.1 Å². The maximum atomic E-state index is 14.3. The average Bonchev–Trinajstić information content (AvgIpc) is 3.48. The van der Waals surface area contributed by atoms with Crippen LogP contribution in [0.4, 0.5) is 5.69 Å². The van der Waals surface area contributed by atoms with E-state index in [1.54, 1.807) is 23.1 Å². The van der Waals surface area contributed by atoms with Crippen LogP contribution in [0.5, 0.6) is 0 Å². The van der Waals surface area contributed by atoms with Crippen LogP contribution in [0.1, 0.15) is 71.1 Å². The van der Waals surface area contributed by atoms with Crippen molar-refractivity contribution in [2.24, 2.45) is 11.8 Å². The number of anilines is 1. The topological polar surface area (TPSA) is 87.7 Å². The maximum Gasteiger partial charge on any atom is 0.246 e. The maximum absolute atomic E-state index is 14.3. The zero-order valence-electron chi connectivity index (χ0n) is 21.7.